The van der Waals surface area contributed by atoms with Crippen molar-refractivity contribution in [2.45, 2.75) is 26.4 Å². The molecule has 0 atom stereocenters. The van der Waals surface area contributed by atoms with Crippen LogP contribution in [-0.4, -0.2) is 26.4 Å². The summed E-state index contributed by atoms with van der Waals surface area (Å²) in [7, 11) is 1.95. The Morgan fingerprint density at radius 1 is 1.10 bits per heavy atom. The smallest absolute Gasteiger partial charge is 0.412 e. The molecule has 0 bridgehead atoms. The minimum Gasteiger partial charge on any atom is -0.444 e. The first-order chi connectivity index (χ1) is 13.8. The highest BCUT2D eigenvalue weighted by molar-refractivity contribution is 5.86. The van der Waals surface area contributed by atoms with Gasteiger partial charge in [0.1, 0.15) is 11.3 Å². The van der Waals surface area contributed by atoms with Crippen LogP contribution < -0.4 is 5.32 Å². The quantitative estimate of drug-likeness (QED) is 0.517. The summed E-state index contributed by atoms with van der Waals surface area (Å²) >= 11 is 0. The molecule has 29 heavy (non-hydrogen) atoms. The summed E-state index contributed by atoms with van der Waals surface area (Å²) in [5, 5.41) is 6.92. The Bertz CT molecular complexity index is 1180. The van der Waals surface area contributed by atoms with Gasteiger partial charge >= 0.3 is 6.09 Å². The van der Waals surface area contributed by atoms with Crippen molar-refractivity contribution in [2.75, 3.05) is 5.32 Å². The van der Waals surface area contributed by atoms with Gasteiger partial charge in [0, 0.05) is 24.4 Å². The number of ether oxygens (including phenoxy) is 1. The third-order valence-electron chi connectivity index (χ3n) is 4.32. The molecule has 0 fully saturated rings. The van der Waals surface area contributed by atoms with Gasteiger partial charge in [-0.2, -0.15) is 0 Å². The zero-order valence-electron chi connectivity index (χ0n) is 16.8. The first kappa shape index (κ1) is 18.7. The van der Waals surface area contributed by atoms with Crippen LogP contribution in [0, 0.1) is 0 Å². The highest BCUT2D eigenvalue weighted by Crippen LogP contribution is 2.29. The number of nitrogens with zero attached hydrogens (tertiary/aromatic N) is 3. The number of anilines is 1. The van der Waals surface area contributed by atoms with Crippen molar-refractivity contribution in [1.29, 1.82) is 0 Å². The molecule has 4 rings (SSSR count). The topological polar surface area (TPSA) is 82.2 Å². The minimum atomic E-state index is -0.562. The Hall–Kier alpha value is -3.61. The van der Waals surface area contributed by atoms with Gasteiger partial charge in [0.2, 0.25) is 0 Å². The van der Waals surface area contributed by atoms with Crippen molar-refractivity contribution in [3.63, 3.8) is 0 Å². The summed E-state index contributed by atoms with van der Waals surface area (Å²) in [5.41, 5.74) is 3.40. The number of para-hydroxylation sites is 2. The molecule has 0 spiro atoms. The van der Waals surface area contributed by atoms with Crippen LogP contribution in [-0.2, 0) is 11.8 Å². The van der Waals surface area contributed by atoms with Gasteiger partial charge < -0.3 is 13.8 Å². The average molecular weight is 390 g/mol. The molecule has 2 aromatic heterocycles. The molecule has 148 valence electrons. The molecule has 7 heteroatoms. The lowest BCUT2D eigenvalue weighted by molar-refractivity contribution is 0.0636. The number of amides is 1. The van der Waals surface area contributed by atoms with Gasteiger partial charge in [0.15, 0.2) is 11.6 Å². The van der Waals surface area contributed by atoms with E-state index in [4.69, 9.17) is 9.26 Å². The van der Waals surface area contributed by atoms with E-state index in [-0.39, 0.29) is 0 Å². The molecule has 2 aromatic carbocycles. The second-order valence-corrected chi connectivity index (χ2v) is 7.77. The number of fused-ring (bicyclic) bond motifs is 1. The van der Waals surface area contributed by atoms with Gasteiger partial charge in [-0.15, -0.1) is 0 Å². The van der Waals surface area contributed by atoms with E-state index >= 15 is 0 Å². The second kappa shape index (κ2) is 7.09. The highest BCUT2D eigenvalue weighted by atomic mass is 16.6. The maximum absolute atomic E-state index is 12.0. The van der Waals surface area contributed by atoms with Crippen molar-refractivity contribution < 1.29 is 14.1 Å². The van der Waals surface area contributed by atoms with E-state index in [1.54, 1.807) is 6.07 Å². The lowest BCUT2D eigenvalue weighted by Crippen LogP contribution is -2.27. The van der Waals surface area contributed by atoms with E-state index in [1.165, 1.54) is 0 Å². The number of carbonyl (C=O) groups is 1. The van der Waals surface area contributed by atoms with Gasteiger partial charge in [-0.1, -0.05) is 29.4 Å². The van der Waals surface area contributed by atoms with Gasteiger partial charge in [0.25, 0.3) is 0 Å². The Kier molecular flexibility index (Phi) is 4.58. The molecule has 0 aliphatic rings. The lowest BCUT2D eigenvalue weighted by atomic mass is 10.1. The van der Waals surface area contributed by atoms with Gasteiger partial charge in [-0.25, -0.2) is 9.78 Å². The molecule has 4 aromatic rings. The molecule has 0 radical (unpaired) electrons. The number of aromatic nitrogens is 3. The van der Waals surface area contributed by atoms with Gasteiger partial charge in [-0.3, -0.25) is 5.32 Å². The Morgan fingerprint density at radius 2 is 1.90 bits per heavy atom. The minimum absolute atomic E-state index is 0.507. The second-order valence-electron chi connectivity index (χ2n) is 7.77. The molecule has 0 saturated heterocycles. The van der Waals surface area contributed by atoms with Crippen molar-refractivity contribution in [2.24, 2.45) is 7.05 Å². The summed E-state index contributed by atoms with van der Waals surface area (Å²) in [6, 6.07) is 17.1. The fourth-order valence-corrected chi connectivity index (χ4v) is 3.06. The molecule has 7 nitrogen and oxygen atoms in total. The lowest BCUT2D eigenvalue weighted by Gasteiger charge is -2.19. The summed E-state index contributed by atoms with van der Waals surface area (Å²) in [5.74, 6) is 1.31. The maximum Gasteiger partial charge on any atom is 0.412 e. The third-order valence-corrected chi connectivity index (χ3v) is 4.32. The van der Waals surface area contributed by atoms with Crippen LogP contribution in [0.1, 0.15) is 20.8 Å². The molecule has 1 amide bonds. The van der Waals surface area contributed by atoms with E-state index in [9.17, 15) is 4.79 Å². The number of rotatable bonds is 3. The first-order valence-corrected chi connectivity index (χ1v) is 9.29. The van der Waals surface area contributed by atoms with Crippen molar-refractivity contribution in [3.05, 3.63) is 54.6 Å². The zero-order valence-corrected chi connectivity index (χ0v) is 16.8. The SMILES string of the molecule is Cn1c(-c2cc(-c3cccc(NC(=O)OC(C)(C)C)c3)on2)nc2ccccc21. The molecule has 0 aliphatic carbocycles. The molecular weight excluding hydrogens is 368 g/mol. The summed E-state index contributed by atoms with van der Waals surface area (Å²) < 4.78 is 12.8. The predicted molar refractivity (Wildman–Crippen MR) is 112 cm³/mol. The third kappa shape index (κ3) is 3.99. The first-order valence-electron chi connectivity index (χ1n) is 9.29. The number of hydrogen-bond acceptors (Lipinski definition) is 5. The summed E-state index contributed by atoms with van der Waals surface area (Å²) in [6.45, 7) is 5.46. The molecule has 1 N–H and O–H groups in total. The van der Waals surface area contributed by atoms with Crippen molar-refractivity contribution >= 4 is 22.8 Å². The average Bonchev–Trinajstić information content (AvgIpc) is 3.26. The number of nitrogens with one attached hydrogen (secondary N) is 1. The predicted octanol–water partition coefficient (Wildman–Crippen LogP) is 5.24. The number of aryl methyl sites for hydroxylation is 1. The summed E-state index contributed by atoms with van der Waals surface area (Å²) in [4.78, 5) is 16.7. The van der Waals surface area contributed by atoms with Crippen molar-refractivity contribution in [1.82, 2.24) is 14.7 Å². The van der Waals surface area contributed by atoms with Gasteiger partial charge in [-0.05, 0) is 45.0 Å². The molecule has 0 aliphatic heterocycles. The highest BCUT2D eigenvalue weighted by Gasteiger charge is 2.18. The normalized spacial score (nSPS) is 11.6. The van der Waals surface area contributed by atoms with Crippen LogP contribution in [0.2, 0.25) is 0 Å². The van der Waals surface area contributed by atoms with Gasteiger partial charge in [0.05, 0.1) is 11.0 Å². The largest absolute Gasteiger partial charge is 0.444 e. The Balaban J connectivity index is 1.60. The zero-order chi connectivity index (χ0) is 20.6. The Labute approximate surface area is 168 Å². The van der Waals surface area contributed by atoms with Crippen LogP contribution in [0.15, 0.2) is 59.1 Å². The van der Waals surface area contributed by atoms with Crippen LogP contribution in [0.3, 0.4) is 0 Å². The molecule has 0 unspecified atom stereocenters. The van der Waals surface area contributed by atoms with Crippen LogP contribution in [0.25, 0.3) is 33.9 Å². The maximum atomic E-state index is 12.0. The molecule has 0 saturated carbocycles. The van der Waals surface area contributed by atoms with Crippen molar-refractivity contribution in [3.8, 4) is 22.8 Å². The fourth-order valence-electron chi connectivity index (χ4n) is 3.06. The van der Waals surface area contributed by atoms with E-state index in [0.717, 1.165) is 22.4 Å². The van der Waals surface area contributed by atoms with E-state index in [2.05, 4.69) is 15.5 Å². The number of hydrogen-bond donors (Lipinski definition) is 1. The van der Waals surface area contributed by atoms with Crippen LogP contribution >= 0.6 is 0 Å². The number of benzene rings is 2. The fraction of sp³-hybridized carbons (Fsp3) is 0.227. The number of carbonyl (C=O) groups excluding carboxylic acids is 1. The van der Waals surface area contributed by atoms with E-state index < -0.39 is 11.7 Å². The van der Waals surface area contributed by atoms with E-state index in [0.29, 0.717) is 17.1 Å². The number of imidazole rings is 1. The summed E-state index contributed by atoms with van der Waals surface area (Å²) in [6.07, 6.45) is -0.507. The van der Waals surface area contributed by atoms with Crippen LogP contribution in [0.4, 0.5) is 10.5 Å². The monoisotopic (exact) mass is 390 g/mol. The molecular formula is C22H22N4O3. The standard InChI is InChI=1S/C22H22N4O3/c1-22(2,3)28-21(27)23-15-9-7-8-14(12-15)19-13-17(25-29-19)20-24-16-10-5-6-11-18(16)26(20)4/h5-13H,1-4H3,(H,23,27). The molecule has 2 heterocycles. The van der Waals surface area contributed by atoms with Crippen LogP contribution in [0.5, 0.6) is 0 Å². The Morgan fingerprint density at radius 3 is 2.66 bits per heavy atom. The van der Waals surface area contributed by atoms with E-state index in [1.807, 2.05) is 80.9 Å².